The number of carbonyl (C=O) groups excluding carboxylic acids is 1. The Morgan fingerprint density at radius 3 is 2.79 bits per heavy atom. The molecule has 1 unspecified atom stereocenters. The molecule has 19 heavy (non-hydrogen) atoms. The molecule has 1 atom stereocenters. The lowest BCUT2D eigenvalue weighted by Crippen LogP contribution is -2.54. The molecule has 6 heteroatoms. The highest BCUT2D eigenvalue weighted by Crippen LogP contribution is 2.19. The third kappa shape index (κ3) is 2.89. The summed E-state index contributed by atoms with van der Waals surface area (Å²) in [6.45, 7) is 6.10. The molecule has 4 nitrogen and oxygen atoms in total. The van der Waals surface area contributed by atoms with Gasteiger partial charge in [-0.05, 0) is 19.1 Å². The molecule has 0 bridgehead atoms. The van der Waals surface area contributed by atoms with Crippen LogP contribution < -0.4 is 4.90 Å². The van der Waals surface area contributed by atoms with E-state index in [1.54, 1.807) is 12.1 Å². The minimum absolute atomic E-state index is 0.0636. The van der Waals surface area contributed by atoms with Crippen molar-refractivity contribution in [1.29, 1.82) is 0 Å². The lowest BCUT2D eigenvalue weighted by Gasteiger charge is -2.40. The van der Waals surface area contributed by atoms with E-state index in [-0.39, 0.29) is 6.04 Å². The van der Waals surface area contributed by atoms with Gasteiger partial charge in [-0.25, -0.2) is 9.37 Å². The van der Waals surface area contributed by atoms with Crippen molar-refractivity contribution in [2.24, 2.45) is 0 Å². The van der Waals surface area contributed by atoms with Crippen molar-refractivity contribution in [3.8, 4) is 0 Å². The van der Waals surface area contributed by atoms with Gasteiger partial charge in [0.25, 0.3) is 5.91 Å². The van der Waals surface area contributed by atoms with Gasteiger partial charge in [-0.3, -0.25) is 4.79 Å². The van der Waals surface area contributed by atoms with E-state index in [4.69, 9.17) is 0 Å². The van der Waals surface area contributed by atoms with Crippen molar-refractivity contribution in [3.05, 3.63) is 36.6 Å². The highest BCUT2D eigenvalue weighted by atomic mass is 19.1. The van der Waals surface area contributed by atoms with E-state index in [1.807, 2.05) is 11.8 Å². The molecule has 1 aliphatic heterocycles. The number of anilines is 1. The van der Waals surface area contributed by atoms with Gasteiger partial charge in [0.15, 0.2) is 5.83 Å². The van der Waals surface area contributed by atoms with Crippen LogP contribution in [0.2, 0.25) is 0 Å². The zero-order valence-corrected chi connectivity index (χ0v) is 10.6. The molecule has 1 fully saturated rings. The number of rotatable bonds is 2. The van der Waals surface area contributed by atoms with E-state index >= 15 is 0 Å². The monoisotopic (exact) mass is 267 g/mol. The number of halogens is 2. The normalized spacial score (nSPS) is 19.4. The van der Waals surface area contributed by atoms with E-state index < -0.39 is 17.7 Å². The largest absolute Gasteiger partial charge is 0.350 e. The minimum Gasteiger partial charge on any atom is -0.350 e. The second kappa shape index (κ2) is 5.34. The number of nitrogens with zero attached hydrogens (tertiary/aromatic N) is 3. The molecule has 2 heterocycles. The molecule has 1 amide bonds. The summed E-state index contributed by atoms with van der Waals surface area (Å²) in [7, 11) is 0. The average molecular weight is 267 g/mol. The van der Waals surface area contributed by atoms with Crippen molar-refractivity contribution in [3.63, 3.8) is 0 Å². The van der Waals surface area contributed by atoms with Gasteiger partial charge in [0, 0.05) is 25.7 Å². The topological polar surface area (TPSA) is 36.4 Å². The number of pyridine rings is 1. The smallest absolute Gasteiger partial charge is 0.282 e. The van der Waals surface area contributed by atoms with E-state index in [1.165, 1.54) is 11.0 Å². The summed E-state index contributed by atoms with van der Waals surface area (Å²) in [5.74, 6) is -1.65. The van der Waals surface area contributed by atoms with Crippen molar-refractivity contribution >= 4 is 11.7 Å². The maximum atomic E-state index is 13.1. The van der Waals surface area contributed by atoms with Gasteiger partial charge in [0.1, 0.15) is 5.82 Å². The van der Waals surface area contributed by atoms with Gasteiger partial charge in [-0.1, -0.05) is 12.6 Å². The van der Waals surface area contributed by atoms with Crippen LogP contribution in [0.15, 0.2) is 30.6 Å². The lowest BCUT2D eigenvalue weighted by molar-refractivity contribution is -0.129. The fourth-order valence-corrected chi connectivity index (χ4v) is 2.21. The molecule has 0 spiro atoms. The highest BCUT2D eigenvalue weighted by molar-refractivity contribution is 5.90. The SMILES string of the molecule is C=C(F)C(=O)N1CCN(c2cccc(F)n2)C(C)C1. The quantitative estimate of drug-likeness (QED) is 0.605. The third-order valence-corrected chi connectivity index (χ3v) is 3.14. The first kappa shape index (κ1) is 13.5. The standard InChI is InChI=1S/C13H15F2N3O/c1-9-8-17(13(19)10(2)14)6-7-18(9)12-5-3-4-11(15)16-12/h3-5,9H,2,6-8H2,1H3. The molecule has 1 aromatic rings. The number of piperazine rings is 1. The molecule has 1 aromatic heterocycles. The van der Waals surface area contributed by atoms with Gasteiger partial charge in [0.05, 0.1) is 0 Å². The summed E-state index contributed by atoms with van der Waals surface area (Å²) in [6.07, 6.45) is 0. The van der Waals surface area contributed by atoms with Crippen LogP contribution in [-0.4, -0.2) is 41.5 Å². The molecular weight excluding hydrogens is 252 g/mol. The summed E-state index contributed by atoms with van der Waals surface area (Å²) in [6, 6.07) is 4.52. The predicted octanol–water partition coefficient (Wildman–Crippen LogP) is 1.74. The van der Waals surface area contributed by atoms with Gasteiger partial charge in [-0.2, -0.15) is 4.39 Å². The summed E-state index contributed by atoms with van der Waals surface area (Å²) >= 11 is 0. The molecule has 0 aromatic carbocycles. The van der Waals surface area contributed by atoms with Crippen LogP contribution >= 0.6 is 0 Å². The first-order chi connectivity index (χ1) is 8.99. The summed E-state index contributed by atoms with van der Waals surface area (Å²) in [5, 5.41) is 0. The third-order valence-electron chi connectivity index (χ3n) is 3.14. The van der Waals surface area contributed by atoms with Crippen LogP contribution in [0, 0.1) is 5.95 Å². The molecule has 2 rings (SSSR count). The Balaban J connectivity index is 2.09. The van der Waals surface area contributed by atoms with Crippen LogP contribution in [0.25, 0.3) is 0 Å². The molecule has 0 aliphatic carbocycles. The van der Waals surface area contributed by atoms with Gasteiger partial charge in [-0.15, -0.1) is 0 Å². The Kier molecular flexibility index (Phi) is 3.78. The van der Waals surface area contributed by atoms with Crippen LogP contribution in [0.5, 0.6) is 0 Å². The van der Waals surface area contributed by atoms with Gasteiger partial charge < -0.3 is 9.80 Å². The Bertz CT molecular complexity index is 506. The van der Waals surface area contributed by atoms with Crippen molar-refractivity contribution in [2.75, 3.05) is 24.5 Å². The Morgan fingerprint density at radius 1 is 1.47 bits per heavy atom. The zero-order chi connectivity index (χ0) is 14.0. The highest BCUT2D eigenvalue weighted by Gasteiger charge is 2.28. The second-order valence-electron chi connectivity index (χ2n) is 4.52. The second-order valence-corrected chi connectivity index (χ2v) is 4.52. The fraction of sp³-hybridized carbons (Fsp3) is 0.385. The van der Waals surface area contributed by atoms with Crippen LogP contribution in [0.3, 0.4) is 0 Å². The van der Waals surface area contributed by atoms with E-state index in [9.17, 15) is 13.6 Å². The van der Waals surface area contributed by atoms with Crippen molar-refractivity contribution in [1.82, 2.24) is 9.88 Å². The van der Waals surface area contributed by atoms with Gasteiger partial charge in [0.2, 0.25) is 5.95 Å². The maximum absolute atomic E-state index is 13.1. The maximum Gasteiger partial charge on any atom is 0.282 e. The number of hydrogen-bond donors (Lipinski definition) is 0. The minimum atomic E-state index is -0.954. The van der Waals surface area contributed by atoms with Crippen LogP contribution in [0.1, 0.15) is 6.92 Å². The summed E-state index contributed by atoms with van der Waals surface area (Å²) in [5.41, 5.74) is 0. The Hall–Kier alpha value is -1.98. The van der Waals surface area contributed by atoms with Crippen molar-refractivity contribution in [2.45, 2.75) is 13.0 Å². The zero-order valence-electron chi connectivity index (χ0n) is 10.6. The number of aromatic nitrogens is 1. The number of amides is 1. The molecule has 102 valence electrons. The summed E-state index contributed by atoms with van der Waals surface area (Å²) in [4.78, 5) is 18.6. The molecule has 0 radical (unpaired) electrons. The summed E-state index contributed by atoms with van der Waals surface area (Å²) < 4.78 is 25.9. The first-order valence-corrected chi connectivity index (χ1v) is 6.02. The molecular formula is C13H15F2N3O. The Morgan fingerprint density at radius 2 is 2.21 bits per heavy atom. The van der Waals surface area contributed by atoms with E-state index in [0.717, 1.165) is 0 Å². The molecule has 1 aliphatic rings. The first-order valence-electron chi connectivity index (χ1n) is 6.02. The number of hydrogen-bond acceptors (Lipinski definition) is 3. The molecule has 0 saturated carbocycles. The van der Waals surface area contributed by atoms with Crippen molar-refractivity contribution < 1.29 is 13.6 Å². The number of carbonyl (C=O) groups is 1. The predicted molar refractivity (Wildman–Crippen MR) is 67.8 cm³/mol. The van der Waals surface area contributed by atoms with E-state index in [2.05, 4.69) is 11.6 Å². The fourth-order valence-electron chi connectivity index (χ4n) is 2.21. The molecule has 1 saturated heterocycles. The van der Waals surface area contributed by atoms with Gasteiger partial charge >= 0.3 is 0 Å². The Labute approximate surface area is 110 Å². The van der Waals surface area contributed by atoms with Crippen LogP contribution in [-0.2, 0) is 4.79 Å². The van der Waals surface area contributed by atoms with E-state index in [0.29, 0.717) is 25.5 Å². The van der Waals surface area contributed by atoms with Crippen LogP contribution in [0.4, 0.5) is 14.6 Å². The molecule has 0 N–H and O–H groups in total. The average Bonchev–Trinajstić information content (AvgIpc) is 2.37. The lowest BCUT2D eigenvalue weighted by atomic mass is 10.2.